The molecule has 1 aromatic rings. The SMILES string of the molecule is CCCCCCCOC(=O)c1ccc[n+]([C@@H]2O[C@H](OP(C)(=O)[O-])[C@H](O)[C@@H]2O)c1. The molecule has 1 aromatic heterocycles. The summed E-state index contributed by atoms with van der Waals surface area (Å²) >= 11 is 0. The van der Waals surface area contributed by atoms with Crippen LogP contribution < -0.4 is 9.46 Å². The highest BCUT2D eigenvalue weighted by atomic mass is 31.2. The average Bonchev–Trinajstić information content (AvgIpc) is 2.91. The second-order valence-corrected chi connectivity index (χ2v) is 8.60. The number of carbonyl (C=O) groups excluding carboxylic acids is 1. The zero-order chi connectivity index (χ0) is 20.7. The Morgan fingerprint density at radius 2 is 2.00 bits per heavy atom. The van der Waals surface area contributed by atoms with E-state index in [1.165, 1.54) is 17.0 Å². The van der Waals surface area contributed by atoms with E-state index in [2.05, 4.69) is 11.4 Å². The molecule has 5 atom stereocenters. The quantitative estimate of drug-likeness (QED) is 0.248. The molecule has 9 nitrogen and oxygen atoms in total. The standard InChI is InChI=1S/C18H28NO8P/c1-3-4-5-6-7-11-25-17(22)13-9-8-10-19(12-13)16-14(20)15(21)18(26-16)27-28(2,23)24/h8-10,12,14-16,18,20-21H,3-7,11H2,1-2H3/t14-,15+,16+,18+/m0/s1. The molecule has 10 heteroatoms. The van der Waals surface area contributed by atoms with Gasteiger partial charge in [0.15, 0.2) is 24.8 Å². The Balaban J connectivity index is 1.96. The number of carbonyl (C=O) groups is 1. The van der Waals surface area contributed by atoms with E-state index in [-0.39, 0.29) is 5.56 Å². The summed E-state index contributed by atoms with van der Waals surface area (Å²) in [7, 11) is -4.17. The molecule has 0 aromatic carbocycles. The third kappa shape index (κ3) is 6.62. The number of aliphatic hydroxyl groups is 2. The molecule has 0 radical (unpaired) electrons. The molecule has 2 N–H and O–H groups in total. The zero-order valence-corrected chi connectivity index (χ0v) is 17.0. The fraction of sp³-hybridized carbons (Fsp3) is 0.667. The summed E-state index contributed by atoms with van der Waals surface area (Å²) in [6.45, 7) is 3.29. The lowest BCUT2D eigenvalue weighted by Gasteiger charge is -2.23. The molecule has 0 amide bonds. The predicted octanol–water partition coefficient (Wildman–Crippen LogP) is 0.878. The van der Waals surface area contributed by atoms with Crippen LogP contribution in [0.1, 0.15) is 55.6 Å². The smallest absolute Gasteiger partial charge is 0.344 e. The van der Waals surface area contributed by atoms with Crippen LogP contribution in [-0.2, 0) is 18.6 Å². The molecule has 2 rings (SSSR count). The molecule has 2 heterocycles. The summed E-state index contributed by atoms with van der Waals surface area (Å²) in [6, 6.07) is 3.12. The molecule has 1 unspecified atom stereocenters. The summed E-state index contributed by atoms with van der Waals surface area (Å²) in [5.74, 6) is -0.511. The first kappa shape index (κ1) is 22.9. The maximum atomic E-state index is 12.2. The summed E-state index contributed by atoms with van der Waals surface area (Å²) < 4.78 is 27.9. The van der Waals surface area contributed by atoms with Gasteiger partial charge >= 0.3 is 5.97 Å². The average molecular weight is 417 g/mol. The lowest BCUT2D eigenvalue weighted by molar-refractivity contribution is -0.767. The van der Waals surface area contributed by atoms with Gasteiger partial charge in [0.25, 0.3) is 6.23 Å². The van der Waals surface area contributed by atoms with E-state index in [9.17, 15) is 24.5 Å². The molecule has 1 fully saturated rings. The summed E-state index contributed by atoms with van der Waals surface area (Å²) in [5.41, 5.74) is 0.246. The van der Waals surface area contributed by atoms with Crippen molar-refractivity contribution in [3.8, 4) is 0 Å². The fourth-order valence-electron chi connectivity index (χ4n) is 2.88. The van der Waals surface area contributed by atoms with Gasteiger partial charge in [0, 0.05) is 12.7 Å². The Bertz CT molecular complexity index is 694. The first-order valence-electron chi connectivity index (χ1n) is 9.39. The third-order valence-corrected chi connectivity index (χ3v) is 4.91. The van der Waals surface area contributed by atoms with Gasteiger partial charge in [0.1, 0.15) is 19.3 Å². The highest BCUT2D eigenvalue weighted by Gasteiger charge is 2.49. The van der Waals surface area contributed by atoms with Gasteiger partial charge in [0.05, 0.1) is 6.61 Å². The van der Waals surface area contributed by atoms with Crippen molar-refractivity contribution in [1.82, 2.24) is 0 Å². The number of hydrogen-bond acceptors (Lipinski definition) is 8. The van der Waals surface area contributed by atoms with Crippen LogP contribution in [0.5, 0.6) is 0 Å². The van der Waals surface area contributed by atoms with Crippen LogP contribution in [0.4, 0.5) is 0 Å². The van der Waals surface area contributed by atoms with Crippen molar-refractivity contribution in [3.05, 3.63) is 30.1 Å². The number of hydrogen-bond donors (Lipinski definition) is 2. The third-order valence-electron chi connectivity index (χ3n) is 4.32. The van der Waals surface area contributed by atoms with Crippen LogP contribution in [-0.4, -0.2) is 48.0 Å². The predicted molar refractivity (Wildman–Crippen MR) is 96.2 cm³/mol. The van der Waals surface area contributed by atoms with Crippen LogP contribution in [0.3, 0.4) is 0 Å². The molecular formula is C18H28NO8P. The van der Waals surface area contributed by atoms with E-state index in [0.29, 0.717) is 6.61 Å². The van der Waals surface area contributed by atoms with Crippen LogP contribution >= 0.6 is 7.60 Å². The first-order valence-corrected chi connectivity index (χ1v) is 11.4. The lowest BCUT2D eigenvalue weighted by Crippen LogP contribution is -2.46. The van der Waals surface area contributed by atoms with E-state index in [1.807, 2.05) is 0 Å². The van der Waals surface area contributed by atoms with Crippen molar-refractivity contribution < 1.29 is 43.0 Å². The minimum atomic E-state index is -4.17. The molecule has 0 bridgehead atoms. The van der Waals surface area contributed by atoms with Crippen molar-refractivity contribution in [1.29, 1.82) is 0 Å². The summed E-state index contributed by atoms with van der Waals surface area (Å²) in [4.78, 5) is 23.5. The Morgan fingerprint density at radius 1 is 1.29 bits per heavy atom. The van der Waals surface area contributed by atoms with Crippen LogP contribution in [0, 0.1) is 0 Å². The summed E-state index contributed by atoms with van der Waals surface area (Å²) in [5, 5.41) is 20.1. The minimum Gasteiger partial charge on any atom is -0.779 e. The topological polar surface area (TPSA) is 129 Å². The van der Waals surface area contributed by atoms with Crippen LogP contribution in [0.15, 0.2) is 24.5 Å². The molecule has 28 heavy (non-hydrogen) atoms. The number of unbranched alkanes of at least 4 members (excludes halogenated alkanes) is 4. The highest BCUT2D eigenvalue weighted by molar-refractivity contribution is 7.50. The molecule has 158 valence electrons. The van der Waals surface area contributed by atoms with Gasteiger partial charge in [-0.1, -0.05) is 32.6 Å². The van der Waals surface area contributed by atoms with Crippen LogP contribution in [0.25, 0.3) is 0 Å². The highest BCUT2D eigenvalue weighted by Crippen LogP contribution is 2.38. The zero-order valence-electron chi connectivity index (χ0n) is 16.1. The number of ether oxygens (including phenoxy) is 2. The second-order valence-electron chi connectivity index (χ2n) is 6.84. The largest absolute Gasteiger partial charge is 0.779 e. The van der Waals surface area contributed by atoms with Gasteiger partial charge in [-0.15, -0.1) is 0 Å². The molecule has 0 saturated carbocycles. The number of pyridine rings is 1. The number of esters is 1. The van der Waals surface area contributed by atoms with E-state index < -0.39 is 38.3 Å². The molecule has 1 aliphatic heterocycles. The summed E-state index contributed by atoms with van der Waals surface area (Å²) in [6.07, 6.45) is 2.49. The van der Waals surface area contributed by atoms with E-state index >= 15 is 0 Å². The van der Waals surface area contributed by atoms with Gasteiger partial charge < -0.3 is 28.9 Å². The monoisotopic (exact) mass is 417 g/mol. The van der Waals surface area contributed by atoms with Crippen molar-refractivity contribution >= 4 is 13.6 Å². The number of nitrogens with zero attached hydrogens (tertiary/aromatic N) is 1. The minimum absolute atomic E-state index is 0.246. The van der Waals surface area contributed by atoms with Gasteiger partial charge in [-0.3, -0.25) is 4.74 Å². The molecule has 1 saturated heterocycles. The Hall–Kier alpha value is -1.35. The normalized spacial score (nSPS) is 26.8. The maximum Gasteiger partial charge on any atom is 0.344 e. The number of rotatable bonds is 10. The van der Waals surface area contributed by atoms with E-state index in [4.69, 9.17) is 9.47 Å². The molecule has 0 aliphatic carbocycles. The van der Waals surface area contributed by atoms with Crippen molar-refractivity contribution in [2.75, 3.05) is 13.3 Å². The second kappa shape index (κ2) is 10.4. The fourth-order valence-corrected chi connectivity index (χ4v) is 3.43. The lowest BCUT2D eigenvalue weighted by atomic mass is 10.2. The molecule has 0 spiro atoms. The van der Waals surface area contributed by atoms with Gasteiger partial charge in [-0.05, 0) is 12.5 Å². The number of aromatic nitrogens is 1. The van der Waals surface area contributed by atoms with E-state index in [0.717, 1.165) is 38.8 Å². The first-order chi connectivity index (χ1) is 13.2. The van der Waals surface area contributed by atoms with Crippen molar-refractivity contribution in [2.24, 2.45) is 0 Å². The van der Waals surface area contributed by atoms with Gasteiger partial charge in [-0.25, -0.2) is 4.79 Å². The molecule has 1 aliphatic rings. The van der Waals surface area contributed by atoms with Gasteiger partial charge in [0.2, 0.25) is 0 Å². The van der Waals surface area contributed by atoms with Crippen molar-refractivity contribution in [3.63, 3.8) is 0 Å². The Kier molecular flexibility index (Phi) is 8.55. The van der Waals surface area contributed by atoms with Crippen LogP contribution in [0.2, 0.25) is 0 Å². The van der Waals surface area contributed by atoms with Gasteiger partial charge in [-0.2, -0.15) is 4.57 Å². The molecular weight excluding hydrogens is 389 g/mol. The Morgan fingerprint density at radius 3 is 2.68 bits per heavy atom. The van der Waals surface area contributed by atoms with E-state index in [1.54, 1.807) is 12.1 Å². The van der Waals surface area contributed by atoms with Crippen molar-refractivity contribution in [2.45, 2.75) is 63.8 Å². The Labute approximate surface area is 164 Å². The number of aliphatic hydroxyl groups excluding tert-OH is 2. The maximum absolute atomic E-state index is 12.2.